The van der Waals surface area contributed by atoms with Gasteiger partial charge in [-0.3, -0.25) is 4.79 Å². The molecule has 0 aromatic carbocycles. The summed E-state index contributed by atoms with van der Waals surface area (Å²) in [5.74, 6) is 0. The minimum atomic E-state index is -0.0961. The molecule has 0 saturated carbocycles. The van der Waals surface area contributed by atoms with Crippen LogP contribution in [-0.4, -0.2) is 15.0 Å². The third-order valence-electron chi connectivity index (χ3n) is 1.80. The number of aromatic nitrogens is 3. The van der Waals surface area contributed by atoms with Crippen molar-refractivity contribution in [1.29, 1.82) is 0 Å². The van der Waals surface area contributed by atoms with Gasteiger partial charge < -0.3 is 4.98 Å². The molecule has 0 bridgehead atoms. The summed E-state index contributed by atoms with van der Waals surface area (Å²) in [7, 11) is 0. The van der Waals surface area contributed by atoms with Gasteiger partial charge in [0.1, 0.15) is 6.33 Å². The zero-order valence-corrected chi connectivity index (χ0v) is 6.53. The SMILES string of the molecule is Cc1c(=O)[nH]cc2cncnc12. The monoisotopic (exact) mass is 161 g/mol. The van der Waals surface area contributed by atoms with Gasteiger partial charge in [-0.15, -0.1) is 0 Å². The average Bonchev–Trinajstić information content (AvgIpc) is 2.12. The highest BCUT2D eigenvalue weighted by atomic mass is 16.1. The van der Waals surface area contributed by atoms with Crippen molar-refractivity contribution in [2.24, 2.45) is 0 Å². The number of hydrogen-bond acceptors (Lipinski definition) is 3. The van der Waals surface area contributed by atoms with Gasteiger partial charge in [-0.1, -0.05) is 0 Å². The fourth-order valence-electron chi connectivity index (χ4n) is 1.12. The van der Waals surface area contributed by atoms with Crippen LogP contribution in [0.5, 0.6) is 0 Å². The van der Waals surface area contributed by atoms with Gasteiger partial charge in [-0.25, -0.2) is 9.97 Å². The van der Waals surface area contributed by atoms with E-state index >= 15 is 0 Å². The second kappa shape index (κ2) is 2.41. The molecule has 2 rings (SSSR count). The lowest BCUT2D eigenvalue weighted by Gasteiger charge is -1.96. The summed E-state index contributed by atoms with van der Waals surface area (Å²) >= 11 is 0. The van der Waals surface area contributed by atoms with E-state index in [9.17, 15) is 4.79 Å². The second-order valence-electron chi connectivity index (χ2n) is 2.57. The van der Waals surface area contributed by atoms with Crippen LogP contribution in [0, 0.1) is 6.92 Å². The zero-order valence-electron chi connectivity index (χ0n) is 6.53. The number of nitrogens with zero attached hydrogens (tertiary/aromatic N) is 2. The average molecular weight is 161 g/mol. The molecule has 4 heteroatoms. The van der Waals surface area contributed by atoms with Gasteiger partial charge in [-0.05, 0) is 6.92 Å². The van der Waals surface area contributed by atoms with E-state index in [1.165, 1.54) is 6.33 Å². The second-order valence-corrected chi connectivity index (χ2v) is 2.57. The number of aryl methyl sites for hydroxylation is 1. The molecule has 2 heterocycles. The lowest BCUT2D eigenvalue weighted by Crippen LogP contribution is -2.09. The molecule has 2 aromatic rings. The Balaban J connectivity index is 3.01. The third kappa shape index (κ3) is 0.887. The van der Waals surface area contributed by atoms with Gasteiger partial charge in [0.15, 0.2) is 0 Å². The van der Waals surface area contributed by atoms with E-state index in [1.807, 2.05) is 0 Å². The first kappa shape index (κ1) is 6.97. The fourth-order valence-corrected chi connectivity index (χ4v) is 1.12. The van der Waals surface area contributed by atoms with Crippen molar-refractivity contribution in [3.05, 3.63) is 34.6 Å². The van der Waals surface area contributed by atoms with Crippen molar-refractivity contribution < 1.29 is 0 Å². The van der Waals surface area contributed by atoms with Crippen LogP contribution in [0.4, 0.5) is 0 Å². The molecule has 0 unspecified atom stereocenters. The standard InChI is InChI=1S/C8H7N3O/c1-5-7-6(2-9-4-11-7)3-10-8(5)12/h2-4H,1H3,(H,10,12). The van der Waals surface area contributed by atoms with Crippen molar-refractivity contribution in [3.8, 4) is 0 Å². The summed E-state index contributed by atoms with van der Waals surface area (Å²) in [6.45, 7) is 1.74. The van der Waals surface area contributed by atoms with E-state index in [2.05, 4.69) is 15.0 Å². The van der Waals surface area contributed by atoms with Gasteiger partial charge in [0.25, 0.3) is 5.56 Å². The van der Waals surface area contributed by atoms with Crippen molar-refractivity contribution in [1.82, 2.24) is 15.0 Å². The number of nitrogens with one attached hydrogen (secondary N) is 1. The third-order valence-corrected chi connectivity index (χ3v) is 1.80. The molecule has 0 aliphatic heterocycles. The Morgan fingerprint density at radius 2 is 2.33 bits per heavy atom. The molecule has 0 spiro atoms. The van der Waals surface area contributed by atoms with Crippen LogP contribution < -0.4 is 5.56 Å². The molecule has 60 valence electrons. The Morgan fingerprint density at radius 3 is 3.17 bits per heavy atom. The quantitative estimate of drug-likeness (QED) is 0.616. The predicted molar refractivity (Wildman–Crippen MR) is 44.9 cm³/mol. The van der Waals surface area contributed by atoms with Crippen molar-refractivity contribution >= 4 is 10.9 Å². The Hall–Kier alpha value is -1.71. The van der Waals surface area contributed by atoms with Crippen LogP contribution in [0.15, 0.2) is 23.5 Å². The maximum Gasteiger partial charge on any atom is 0.253 e. The number of pyridine rings is 1. The van der Waals surface area contributed by atoms with Crippen LogP contribution in [0.2, 0.25) is 0 Å². The van der Waals surface area contributed by atoms with Crippen LogP contribution in [0.1, 0.15) is 5.56 Å². The molecular formula is C8H7N3O. The summed E-state index contributed by atoms with van der Waals surface area (Å²) in [6.07, 6.45) is 4.73. The van der Waals surface area contributed by atoms with Crippen LogP contribution in [0.3, 0.4) is 0 Å². The van der Waals surface area contributed by atoms with Gasteiger partial charge in [-0.2, -0.15) is 0 Å². The molecule has 0 atom stereocenters. The lowest BCUT2D eigenvalue weighted by atomic mass is 10.2. The Labute approximate surface area is 68.3 Å². The Bertz CT molecular complexity index is 475. The number of hydrogen-bond donors (Lipinski definition) is 1. The number of rotatable bonds is 0. The largest absolute Gasteiger partial charge is 0.328 e. The van der Waals surface area contributed by atoms with Gasteiger partial charge >= 0.3 is 0 Å². The summed E-state index contributed by atoms with van der Waals surface area (Å²) in [6, 6.07) is 0. The molecule has 0 amide bonds. The smallest absolute Gasteiger partial charge is 0.253 e. The summed E-state index contributed by atoms with van der Waals surface area (Å²) in [4.78, 5) is 21.6. The Morgan fingerprint density at radius 1 is 1.50 bits per heavy atom. The topological polar surface area (TPSA) is 58.6 Å². The maximum absolute atomic E-state index is 11.1. The summed E-state index contributed by atoms with van der Waals surface area (Å²) < 4.78 is 0. The predicted octanol–water partition coefficient (Wildman–Crippen LogP) is 0.627. The molecule has 0 saturated heterocycles. The van der Waals surface area contributed by atoms with Crippen molar-refractivity contribution in [3.63, 3.8) is 0 Å². The fraction of sp³-hybridized carbons (Fsp3) is 0.125. The molecule has 0 fully saturated rings. The molecular weight excluding hydrogens is 154 g/mol. The van der Waals surface area contributed by atoms with Gasteiger partial charge in [0, 0.05) is 23.3 Å². The molecule has 12 heavy (non-hydrogen) atoms. The highest BCUT2D eigenvalue weighted by molar-refractivity contribution is 5.78. The van der Waals surface area contributed by atoms with E-state index in [0.29, 0.717) is 11.1 Å². The first-order valence-electron chi connectivity index (χ1n) is 3.57. The molecule has 0 aliphatic rings. The summed E-state index contributed by atoms with van der Waals surface area (Å²) in [5, 5.41) is 0.856. The number of fused-ring (bicyclic) bond motifs is 1. The van der Waals surface area contributed by atoms with Gasteiger partial charge in [0.05, 0.1) is 5.52 Å². The van der Waals surface area contributed by atoms with Crippen molar-refractivity contribution in [2.75, 3.05) is 0 Å². The van der Waals surface area contributed by atoms with Crippen LogP contribution >= 0.6 is 0 Å². The first-order valence-corrected chi connectivity index (χ1v) is 3.57. The van der Waals surface area contributed by atoms with E-state index in [-0.39, 0.29) is 5.56 Å². The van der Waals surface area contributed by atoms with E-state index < -0.39 is 0 Å². The molecule has 0 aliphatic carbocycles. The van der Waals surface area contributed by atoms with E-state index in [4.69, 9.17) is 0 Å². The van der Waals surface area contributed by atoms with Crippen LogP contribution in [-0.2, 0) is 0 Å². The molecule has 4 nitrogen and oxygen atoms in total. The molecule has 2 aromatic heterocycles. The van der Waals surface area contributed by atoms with Crippen LogP contribution in [0.25, 0.3) is 10.9 Å². The zero-order chi connectivity index (χ0) is 8.55. The highest BCUT2D eigenvalue weighted by Gasteiger charge is 2.00. The first-order chi connectivity index (χ1) is 5.79. The normalized spacial score (nSPS) is 10.4. The minimum Gasteiger partial charge on any atom is -0.328 e. The maximum atomic E-state index is 11.1. The molecule has 0 radical (unpaired) electrons. The van der Waals surface area contributed by atoms with Crippen molar-refractivity contribution in [2.45, 2.75) is 6.92 Å². The summed E-state index contributed by atoms with van der Waals surface area (Å²) in [5.41, 5.74) is 1.25. The van der Waals surface area contributed by atoms with E-state index in [0.717, 1.165) is 5.39 Å². The van der Waals surface area contributed by atoms with Gasteiger partial charge in [0.2, 0.25) is 0 Å². The highest BCUT2D eigenvalue weighted by Crippen LogP contribution is 2.07. The molecule has 1 N–H and O–H groups in total. The van der Waals surface area contributed by atoms with E-state index in [1.54, 1.807) is 19.3 Å². The lowest BCUT2D eigenvalue weighted by molar-refractivity contribution is 1.15. The number of aromatic amines is 1. The Kier molecular flexibility index (Phi) is 1.40. The number of H-pyrrole nitrogens is 1. The minimum absolute atomic E-state index is 0.0961.